The minimum absolute atomic E-state index is 0.0824. The fourth-order valence-corrected chi connectivity index (χ4v) is 2.59. The molecule has 0 radical (unpaired) electrons. The first-order valence-electron chi connectivity index (χ1n) is 7.33. The smallest absolute Gasteiger partial charge is 0.267 e. The van der Waals surface area contributed by atoms with E-state index < -0.39 is 17.3 Å². The van der Waals surface area contributed by atoms with E-state index in [1.807, 2.05) is 0 Å². The van der Waals surface area contributed by atoms with Crippen LogP contribution in [0.25, 0.3) is 10.9 Å². The van der Waals surface area contributed by atoms with E-state index in [4.69, 9.17) is 0 Å². The van der Waals surface area contributed by atoms with Gasteiger partial charge >= 0.3 is 0 Å². The molecule has 122 valence electrons. The third kappa shape index (κ3) is 2.62. The van der Waals surface area contributed by atoms with Gasteiger partial charge in [0.2, 0.25) is 0 Å². The van der Waals surface area contributed by atoms with Crippen molar-refractivity contribution in [2.45, 2.75) is 6.54 Å². The number of carbonyl (C=O) groups is 1. The van der Waals surface area contributed by atoms with Crippen LogP contribution in [-0.4, -0.2) is 15.6 Å². The summed E-state index contributed by atoms with van der Waals surface area (Å²) in [5.74, 6) is -1.57. The fraction of sp³-hybridized carbons (Fsp3) is 0.111. The molecule has 1 aromatic heterocycles. The second kappa shape index (κ2) is 6.16. The molecule has 3 rings (SSSR count). The predicted octanol–water partition coefficient (Wildman–Crippen LogP) is 2.31. The summed E-state index contributed by atoms with van der Waals surface area (Å²) in [6.07, 6.45) is 0. The highest BCUT2D eigenvalue weighted by Crippen LogP contribution is 2.25. The van der Waals surface area contributed by atoms with Crippen molar-refractivity contribution in [2.75, 3.05) is 0 Å². The molecular formula is C18H15FN2O3. The number of pyridine rings is 1. The summed E-state index contributed by atoms with van der Waals surface area (Å²) in [6.45, 7) is -0.0824. The number of hydrogen-bond acceptors (Lipinski definition) is 3. The molecular weight excluding hydrogens is 311 g/mol. The lowest BCUT2D eigenvalue weighted by Crippen LogP contribution is -2.32. The summed E-state index contributed by atoms with van der Waals surface area (Å²) in [7, 11) is 1.53. The Balaban J connectivity index is 1.99. The normalized spacial score (nSPS) is 10.8. The number of aryl methyl sites for hydroxylation is 1. The summed E-state index contributed by atoms with van der Waals surface area (Å²) in [6, 6.07) is 12.8. The van der Waals surface area contributed by atoms with Gasteiger partial charge in [-0.15, -0.1) is 0 Å². The molecule has 1 heterocycles. The van der Waals surface area contributed by atoms with Crippen LogP contribution in [0.1, 0.15) is 15.9 Å². The number of para-hydroxylation sites is 1. The van der Waals surface area contributed by atoms with Crippen molar-refractivity contribution in [1.29, 1.82) is 0 Å². The highest BCUT2D eigenvalue weighted by Gasteiger charge is 2.20. The van der Waals surface area contributed by atoms with Crippen LogP contribution in [0.2, 0.25) is 0 Å². The monoisotopic (exact) mass is 326 g/mol. The number of nitrogens with one attached hydrogen (secondary N) is 1. The number of nitrogens with zero attached hydrogens (tertiary/aromatic N) is 1. The Morgan fingerprint density at radius 3 is 2.58 bits per heavy atom. The minimum Gasteiger partial charge on any atom is -0.506 e. The molecule has 0 bridgehead atoms. The standard InChI is InChI=1S/C18H15FN2O3/c1-21-14-9-5-3-7-12(14)16(22)15(18(21)24)17(23)20-10-11-6-2-4-8-13(11)19/h2-9,22H,10H2,1H3,(H,20,23). The number of aromatic nitrogens is 1. The molecule has 0 unspecified atom stereocenters. The first-order chi connectivity index (χ1) is 11.5. The number of rotatable bonds is 3. The molecule has 6 heteroatoms. The zero-order valence-corrected chi connectivity index (χ0v) is 12.9. The van der Waals surface area contributed by atoms with Gasteiger partial charge in [-0.1, -0.05) is 30.3 Å². The van der Waals surface area contributed by atoms with Crippen LogP contribution in [0.4, 0.5) is 4.39 Å². The highest BCUT2D eigenvalue weighted by atomic mass is 19.1. The number of hydrogen-bond donors (Lipinski definition) is 2. The second-order valence-electron chi connectivity index (χ2n) is 5.38. The van der Waals surface area contributed by atoms with Gasteiger partial charge in [0.15, 0.2) is 0 Å². The molecule has 0 spiro atoms. The maximum absolute atomic E-state index is 13.6. The quantitative estimate of drug-likeness (QED) is 0.776. The summed E-state index contributed by atoms with van der Waals surface area (Å²) >= 11 is 0. The van der Waals surface area contributed by atoms with E-state index in [1.54, 1.807) is 36.4 Å². The second-order valence-corrected chi connectivity index (χ2v) is 5.38. The van der Waals surface area contributed by atoms with E-state index in [-0.39, 0.29) is 17.9 Å². The molecule has 0 saturated carbocycles. The molecule has 0 aliphatic rings. The topological polar surface area (TPSA) is 71.3 Å². The fourth-order valence-electron chi connectivity index (χ4n) is 2.59. The number of aromatic hydroxyl groups is 1. The van der Waals surface area contributed by atoms with Crippen LogP contribution in [0.15, 0.2) is 53.3 Å². The molecule has 0 aliphatic carbocycles. The SMILES string of the molecule is Cn1c(=O)c(C(=O)NCc2ccccc2F)c(O)c2ccccc21. The predicted molar refractivity (Wildman–Crippen MR) is 88.4 cm³/mol. The van der Waals surface area contributed by atoms with Crippen LogP contribution < -0.4 is 10.9 Å². The molecule has 0 aliphatic heterocycles. The molecule has 24 heavy (non-hydrogen) atoms. The van der Waals surface area contributed by atoms with Crippen molar-refractivity contribution in [2.24, 2.45) is 7.05 Å². The molecule has 0 fully saturated rings. The maximum atomic E-state index is 13.6. The Hall–Kier alpha value is -3.15. The average molecular weight is 326 g/mol. The highest BCUT2D eigenvalue weighted by molar-refractivity contribution is 6.02. The van der Waals surface area contributed by atoms with E-state index in [9.17, 15) is 19.1 Å². The molecule has 0 atom stereocenters. The van der Waals surface area contributed by atoms with Gasteiger partial charge in [0, 0.05) is 24.5 Å². The molecule has 2 N–H and O–H groups in total. The largest absolute Gasteiger partial charge is 0.506 e. The van der Waals surface area contributed by atoms with Crippen LogP contribution in [0.3, 0.4) is 0 Å². The van der Waals surface area contributed by atoms with Gasteiger partial charge < -0.3 is 15.0 Å². The lowest BCUT2D eigenvalue weighted by molar-refractivity contribution is 0.0946. The molecule has 5 nitrogen and oxygen atoms in total. The Morgan fingerprint density at radius 2 is 1.83 bits per heavy atom. The van der Waals surface area contributed by atoms with Crippen molar-refractivity contribution in [3.05, 3.63) is 75.8 Å². The molecule has 1 amide bonds. The van der Waals surface area contributed by atoms with Gasteiger partial charge in [-0.25, -0.2) is 4.39 Å². The van der Waals surface area contributed by atoms with Gasteiger partial charge in [-0.2, -0.15) is 0 Å². The summed E-state index contributed by atoms with van der Waals surface area (Å²) in [4.78, 5) is 24.8. The van der Waals surface area contributed by atoms with E-state index in [0.717, 1.165) is 0 Å². The van der Waals surface area contributed by atoms with Crippen molar-refractivity contribution < 1.29 is 14.3 Å². The molecule has 2 aromatic carbocycles. The van der Waals surface area contributed by atoms with Crippen LogP contribution in [-0.2, 0) is 13.6 Å². The number of carbonyl (C=O) groups excluding carboxylic acids is 1. The van der Waals surface area contributed by atoms with Crippen molar-refractivity contribution >= 4 is 16.8 Å². The third-order valence-electron chi connectivity index (χ3n) is 3.90. The first kappa shape index (κ1) is 15.7. The number of halogens is 1. The zero-order valence-electron chi connectivity index (χ0n) is 12.9. The minimum atomic E-state index is -0.748. The lowest BCUT2D eigenvalue weighted by atomic mass is 10.1. The van der Waals surface area contributed by atoms with Crippen molar-refractivity contribution in [3.8, 4) is 5.75 Å². The maximum Gasteiger partial charge on any atom is 0.267 e. The van der Waals surface area contributed by atoms with Gasteiger partial charge in [0.1, 0.15) is 17.1 Å². The van der Waals surface area contributed by atoms with Gasteiger partial charge in [-0.3, -0.25) is 9.59 Å². The summed E-state index contributed by atoms with van der Waals surface area (Å²) < 4.78 is 14.9. The molecule has 3 aromatic rings. The Morgan fingerprint density at radius 1 is 1.17 bits per heavy atom. The number of amides is 1. The van der Waals surface area contributed by atoms with E-state index in [1.165, 1.54) is 23.7 Å². The van der Waals surface area contributed by atoms with E-state index >= 15 is 0 Å². The first-order valence-corrected chi connectivity index (χ1v) is 7.33. The van der Waals surface area contributed by atoms with Crippen molar-refractivity contribution in [1.82, 2.24) is 9.88 Å². The van der Waals surface area contributed by atoms with Gasteiger partial charge in [-0.05, 0) is 18.2 Å². The van der Waals surface area contributed by atoms with Gasteiger partial charge in [0.05, 0.1) is 5.52 Å². The third-order valence-corrected chi connectivity index (χ3v) is 3.90. The zero-order chi connectivity index (χ0) is 17.3. The Kier molecular flexibility index (Phi) is 4.04. The van der Waals surface area contributed by atoms with Gasteiger partial charge in [0.25, 0.3) is 11.5 Å². The lowest BCUT2D eigenvalue weighted by Gasteiger charge is -2.12. The summed E-state index contributed by atoms with van der Waals surface area (Å²) in [5.41, 5.74) is -0.154. The van der Waals surface area contributed by atoms with Crippen LogP contribution in [0.5, 0.6) is 5.75 Å². The van der Waals surface area contributed by atoms with Crippen molar-refractivity contribution in [3.63, 3.8) is 0 Å². The van der Waals surface area contributed by atoms with Crippen LogP contribution in [0, 0.1) is 5.82 Å². The number of benzene rings is 2. The average Bonchev–Trinajstić information content (AvgIpc) is 2.59. The Bertz CT molecular complexity index is 995. The van der Waals surface area contributed by atoms with Crippen LogP contribution >= 0.6 is 0 Å². The summed E-state index contributed by atoms with van der Waals surface area (Å²) in [5, 5.41) is 13.2. The Labute approximate surface area is 137 Å². The van der Waals surface area contributed by atoms with E-state index in [2.05, 4.69) is 5.32 Å². The van der Waals surface area contributed by atoms with E-state index in [0.29, 0.717) is 16.5 Å². The molecule has 0 saturated heterocycles. The number of fused-ring (bicyclic) bond motifs is 1.